The number of hydrogen-bond acceptors (Lipinski definition) is 2. The van der Waals surface area contributed by atoms with E-state index < -0.39 is 0 Å². The standard InChI is InChI=1S/C10H11BrN2/c1-13-6-5-12-10(13)8-3-2-4-9(11)7-8/h2-4,7H,5-6H2,1H3. The normalized spacial score (nSPS) is 16.2. The Hall–Kier alpha value is -0.830. The molecular formula is C10H11BrN2. The average Bonchev–Trinajstić information content (AvgIpc) is 2.51. The molecule has 13 heavy (non-hydrogen) atoms. The fraction of sp³-hybridized carbons (Fsp3) is 0.300. The van der Waals surface area contributed by atoms with E-state index in [1.165, 1.54) is 5.56 Å². The minimum Gasteiger partial charge on any atom is -0.358 e. The van der Waals surface area contributed by atoms with Gasteiger partial charge in [0.2, 0.25) is 0 Å². The third-order valence-corrected chi connectivity index (χ3v) is 2.63. The molecule has 0 fully saturated rings. The van der Waals surface area contributed by atoms with Crippen LogP contribution in [-0.4, -0.2) is 30.9 Å². The molecule has 2 rings (SSSR count). The summed E-state index contributed by atoms with van der Waals surface area (Å²) in [6.07, 6.45) is 0. The van der Waals surface area contributed by atoms with Gasteiger partial charge in [-0.2, -0.15) is 0 Å². The number of likely N-dealkylation sites (N-methyl/N-ethyl adjacent to an activating group) is 1. The maximum absolute atomic E-state index is 4.45. The lowest BCUT2D eigenvalue weighted by molar-refractivity contribution is 0.557. The van der Waals surface area contributed by atoms with Gasteiger partial charge < -0.3 is 4.90 Å². The van der Waals surface area contributed by atoms with Crippen molar-refractivity contribution in [1.29, 1.82) is 0 Å². The molecule has 0 amide bonds. The molecule has 68 valence electrons. The molecule has 1 aliphatic rings. The molecule has 1 aromatic carbocycles. The number of nitrogens with zero attached hydrogens (tertiary/aromatic N) is 2. The third-order valence-electron chi connectivity index (χ3n) is 2.14. The van der Waals surface area contributed by atoms with E-state index in [2.05, 4.69) is 45.0 Å². The SMILES string of the molecule is CN1CCN=C1c1cccc(Br)c1. The minimum atomic E-state index is 0.915. The fourth-order valence-corrected chi connectivity index (χ4v) is 1.87. The van der Waals surface area contributed by atoms with Crippen molar-refractivity contribution < 1.29 is 0 Å². The van der Waals surface area contributed by atoms with Crippen molar-refractivity contribution in [3.8, 4) is 0 Å². The smallest absolute Gasteiger partial charge is 0.130 e. The van der Waals surface area contributed by atoms with Crippen molar-refractivity contribution in [3.05, 3.63) is 34.3 Å². The summed E-state index contributed by atoms with van der Waals surface area (Å²) in [7, 11) is 2.08. The molecule has 0 N–H and O–H groups in total. The molecule has 0 aliphatic carbocycles. The quantitative estimate of drug-likeness (QED) is 0.733. The summed E-state index contributed by atoms with van der Waals surface area (Å²) in [5.74, 6) is 1.10. The maximum atomic E-state index is 4.45. The second-order valence-corrected chi connectivity index (χ2v) is 4.05. The van der Waals surface area contributed by atoms with Gasteiger partial charge in [-0.15, -0.1) is 0 Å². The van der Waals surface area contributed by atoms with Gasteiger partial charge in [-0.05, 0) is 12.1 Å². The van der Waals surface area contributed by atoms with Gasteiger partial charge in [-0.3, -0.25) is 4.99 Å². The Morgan fingerprint density at radius 2 is 2.31 bits per heavy atom. The number of benzene rings is 1. The van der Waals surface area contributed by atoms with E-state index in [1.54, 1.807) is 0 Å². The van der Waals surface area contributed by atoms with E-state index in [9.17, 15) is 0 Å². The summed E-state index contributed by atoms with van der Waals surface area (Å²) in [5, 5.41) is 0. The Bertz CT molecular complexity index is 347. The summed E-state index contributed by atoms with van der Waals surface area (Å²) in [6, 6.07) is 8.25. The van der Waals surface area contributed by atoms with Crippen LogP contribution in [0.15, 0.2) is 33.7 Å². The summed E-state index contributed by atoms with van der Waals surface area (Å²) in [5.41, 5.74) is 1.19. The zero-order valence-corrected chi connectivity index (χ0v) is 9.08. The maximum Gasteiger partial charge on any atom is 0.130 e. The largest absolute Gasteiger partial charge is 0.358 e. The Kier molecular flexibility index (Phi) is 2.36. The van der Waals surface area contributed by atoms with Crippen LogP contribution in [0.5, 0.6) is 0 Å². The fourth-order valence-electron chi connectivity index (χ4n) is 1.47. The molecule has 1 heterocycles. The third kappa shape index (κ3) is 1.75. The molecular weight excluding hydrogens is 228 g/mol. The van der Waals surface area contributed by atoms with Crippen molar-refractivity contribution in [1.82, 2.24) is 4.90 Å². The summed E-state index contributed by atoms with van der Waals surface area (Å²) < 4.78 is 1.10. The number of amidine groups is 1. The van der Waals surface area contributed by atoms with Crippen LogP contribution in [0.25, 0.3) is 0 Å². The van der Waals surface area contributed by atoms with Crippen LogP contribution < -0.4 is 0 Å². The second-order valence-electron chi connectivity index (χ2n) is 3.14. The summed E-state index contributed by atoms with van der Waals surface area (Å²) >= 11 is 3.46. The molecule has 0 saturated carbocycles. The number of rotatable bonds is 1. The minimum absolute atomic E-state index is 0.915. The van der Waals surface area contributed by atoms with Gasteiger partial charge in [-0.25, -0.2) is 0 Å². The summed E-state index contributed by atoms with van der Waals surface area (Å²) in [6.45, 7) is 1.94. The zero-order valence-electron chi connectivity index (χ0n) is 7.50. The predicted octanol–water partition coefficient (Wildman–Crippen LogP) is 2.14. The first-order valence-corrected chi connectivity index (χ1v) is 5.08. The van der Waals surface area contributed by atoms with Crippen molar-refractivity contribution >= 4 is 21.8 Å². The van der Waals surface area contributed by atoms with E-state index in [0.29, 0.717) is 0 Å². The topological polar surface area (TPSA) is 15.6 Å². The van der Waals surface area contributed by atoms with Gasteiger partial charge in [-0.1, -0.05) is 28.1 Å². The molecule has 0 bridgehead atoms. The van der Waals surface area contributed by atoms with Crippen molar-refractivity contribution in [3.63, 3.8) is 0 Å². The Labute approximate surface area is 86.4 Å². The lowest BCUT2D eigenvalue weighted by atomic mass is 10.2. The van der Waals surface area contributed by atoms with Crippen molar-refractivity contribution in [2.75, 3.05) is 20.1 Å². The van der Waals surface area contributed by atoms with Crippen LogP contribution >= 0.6 is 15.9 Å². The Balaban J connectivity index is 2.35. The lowest BCUT2D eigenvalue weighted by Gasteiger charge is -2.13. The van der Waals surface area contributed by atoms with Gasteiger partial charge in [0.05, 0.1) is 6.54 Å². The van der Waals surface area contributed by atoms with Crippen LogP contribution in [0.4, 0.5) is 0 Å². The summed E-state index contributed by atoms with van der Waals surface area (Å²) in [4.78, 5) is 6.63. The van der Waals surface area contributed by atoms with Crippen LogP contribution in [-0.2, 0) is 0 Å². The molecule has 1 aromatic rings. The van der Waals surface area contributed by atoms with Gasteiger partial charge >= 0.3 is 0 Å². The zero-order chi connectivity index (χ0) is 9.26. The van der Waals surface area contributed by atoms with Crippen LogP contribution in [0.2, 0.25) is 0 Å². The molecule has 1 aliphatic heterocycles. The first-order valence-electron chi connectivity index (χ1n) is 4.29. The van der Waals surface area contributed by atoms with E-state index >= 15 is 0 Å². The Morgan fingerprint density at radius 3 is 2.92 bits per heavy atom. The molecule has 0 saturated heterocycles. The molecule has 3 heteroatoms. The molecule has 0 radical (unpaired) electrons. The van der Waals surface area contributed by atoms with Gasteiger partial charge in [0.15, 0.2) is 0 Å². The molecule has 2 nitrogen and oxygen atoms in total. The van der Waals surface area contributed by atoms with Gasteiger partial charge in [0, 0.05) is 23.6 Å². The predicted molar refractivity (Wildman–Crippen MR) is 58.2 cm³/mol. The highest BCUT2D eigenvalue weighted by Crippen LogP contribution is 2.15. The number of hydrogen-bond donors (Lipinski definition) is 0. The van der Waals surface area contributed by atoms with Gasteiger partial charge in [0.25, 0.3) is 0 Å². The molecule has 0 unspecified atom stereocenters. The van der Waals surface area contributed by atoms with Gasteiger partial charge in [0.1, 0.15) is 5.84 Å². The van der Waals surface area contributed by atoms with Crippen LogP contribution in [0.3, 0.4) is 0 Å². The lowest BCUT2D eigenvalue weighted by Crippen LogP contribution is -2.23. The molecule has 0 atom stereocenters. The van der Waals surface area contributed by atoms with E-state index in [1.807, 2.05) is 12.1 Å². The monoisotopic (exact) mass is 238 g/mol. The van der Waals surface area contributed by atoms with E-state index in [-0.39, 0.29) is 0 Å². The van der Waals surface area contributed by atoms with Crippen molar-refractivity contribution in [2.45, 2.75) is 0 Å². The highest BCUT2D eigenvalue weighted by Gasteiger charge is 2.13. The molecule has 0 spiro atoms. The van der Waals surface area contributed by atoms with E-state index in [0.717, 1.165) is 23.4 Å². The molecule has 0 aromatic heterocycles. The van der Waals surface area contributed by atoms with Crippen LogP contribution in [0.1, 0.15) is 5.56 Å². The Morgan fingerprint density at radius 1 is 1.46 bits per heavy atom. The van der Waals surface area contributed by atoms with E-state index in [4.69, 9.17) is 0 Å². The average molecular weight is 239 g/mol. The second kappa shape index (κ2) is 3.50. The van der Waals surface area contributed by atoms with Crippen LogP contribution in [0, 0.1) is 0 Å². The highest BCUT2D eigenvalue weighted by molar-refractivity contribution is 9.10. The van der Waals surface area contributed by atoms with Crippen molar-refractivity contribution in [2.24, 2.45) is 4.99 Å². The number of halogens is 1. The number of aliphatic imine (C=N–C) groups is 1. The first kappa shape index (κ1) is 8.75. The highest BCUT2D eigenvalue weighted by atomic mass is 79.9. The first-order chi connectivity index (χ1) is 6.27.